The van der Waals surface area contributed by atoms with Crippen molar-refractivity contribution in [1.82, 2.24) is 18.9 Å². The third-order valence-corrected chi connectivity index (χ3v) is 6.37. The van der Waals surface area contributed by atoms with Crippen molar-refractivity contribution in [2.75, 3.05) is 4.72 Å². The molecule has 5 aromatic rings. The van der Waals surface area contributed by atoms with Crippen molar-refractivity contribution in [3.05, 3.63) is 77.1 Å². The molecule has 0 saturated heterocycles. The third kappa shape index (κ3) is 3.23. The number of hydrogen-bond donors (Lipinski definition) is 1. The molecule has 150 valence electrons. The molecule has 30 heavy (non-hydrogen) atoms. The molecule has 1 unspecified atom stereocenters. The Labute approximate surface area is 177 Å². The summed E-state index contributed by atoms with van der Waals surface area (Å²) in [6.45, 7) is 1.88. The first-order valence-electron chi connectivity index (χ1n) is 8.98. The van der Waals surface area contributed by atoms with E-state index in [0.717, 1.165) is 39.8 Å². The lowest BCUT2D eigenvalue weighted by Crippen LogP contribution is -2.19. The maximum atomic E-state index is 14.8. The summed E-state index contributed by atoms with van der Waals surface area (Å²) in [5.74, 6) is -1.01. The molecule has 5 rings (SSSR count). The van der Waals surface area contributed by atoms with E-state index in [4.69, 9.17) is 4.42 Å². The van der Waals surface area contributed by atoms with Crippen LogP contribution >= 0.6 is 23.5 Å². The quantitative estimate of drug-likeness (QED) is 0.391. The summed E-state index contributed by atoms with van der Waals surface area (Å²) in [7, 11) is 0. The SMILES string of the molecule is CC(c1cccc2ccncc12)n1c(=O)oc2cc(SNc3ncns3)c(F)cc21. The molecule has 0 bridgehead atoms. The number of pyridine rings is 1. The Morgan fingerprint density at radius 3 is 3.03 bits per heavy atom. The Morgan fingerprint density at radius 2 is 2.20 bits per heavy atom. The Morgan fingerprint density at radius 1 is 1.30 bits per heavy atom. The van der Waals surface area contributed by atoms with Gasteiger partial charge in [-0.05, 0) is 35.9 Å². The van der Waals surface area contributed by atoms with Gasteiger partial charge in [0.15, 0.2) is 5.58 Å². The van der Waals surface area contributed by atoms with Gasteiger partial charge in [0.1, 0.15) is 12.1 Å². The lowest BCUT2D eigenvalue weighted by molar-refractivity contribution is 0.490. The van der Waals surface area contributed by atoms with Gasteiger partial charge < -0.3 is 9.14 Å². The Hall–Kier alpha value is -3.24. The predicted molar refractivity (Wildman–Crippen MR) is 115 cm³/mol. The van der Waals surface area contributed by atoms with E-state index in [-0.39, 0.29) is 6.04 Å². The smallest absolute Gasteiger partial charge is 0.408 e. The normalized spacial score (nSPS) is 12.5. The van der Waals surface area contributed by atoms with Gasteiger partial charge in [-0.15, -0.1) is 0 Å². The van der Waals surface area contributed by atoms with E-state index in [0.29, 0.717) is 21.1 Å². The minimum Gasteiger partial charge on any atom is -0.408 e. The topological polar surface area (TPSA) is 85.8 Å². The van der Waals surface area contributed by atoms with E-state index in [1.807, 2.05) is 31.2 Å². The average molecular weight is 439 g/mol. The van der Waals surface area contributed by atoms with Gasteiger partial charge in [0, 0.05) is 41.4 Å². The third-order valence-electron chi connectivity index (χ3n) is 4.83. The molecule has 0 aliphatic rings. The zero-order valence-corrected chi connectivity index (χ0v) is 17.2. The molecule has 0 aliphatic heterocycles. The minimum atomic E-state index is -0.544. The van der Waals surface area contributed by atoms with Crippen LogP contribution < -0.4 is 10.5 Å². The van der Waals surface area contributed by atoms with Crippen molar-refractivity contribution < 1.29 is 8.81 Å². The lowest BCUT2D eigenvalue weighted by atomic mass is 10.0. The van der Waals surface area contributed by atoms with Crippen molar-refractivity contribution in [3.8, 4) is 0 Å². The Kier molecular flexibility index (Phi) is 4.72. The first-order chi connectivity index (χ1) is 14.6. The van der Waals surface area contributed by atoms with Crippen molar-refractivity contribution >= 4 is 50.5 Å². The first kappa shape index (κ1) is 18.8. The molecule has 2 aromatic carbocycles. The van der Waals surface area contributed by atoms with Crippen LogP contribution in [0.15, 0.2) is 69.2 Å². The van der Waals surface area contributed by atoms with Crippen molar-refractivity contribution in [3.63, 3.8) is 0 Å². The summed E-state index contributed by atoms with van der Waals surface area (Å²) in [6.07, 6.45) is 4.90. The number of hydrogen-bond acceptors (Lipinski definition) is 8. The van der Waals surface area contributed by atoms with Crippen molar-refractivity contribution in [2.24, 2.45) is 0 Å². The molecular weight excluding hydrogens is 425 g/mol. The number of fused-ring (bicyclic) bond motifs is 2. The van der Waals surface area contributed by atoms with Gasteiger partial charge in [-0.1, -0.05) is 18.2 Å². The zero-order valence-electron chi connectivity index (χ0n) is 15.6. The molecule has 0 spiro atoms. The first-order valence-corrected chi connectivity index (χ1v) is 10.6. The number of halogens is 1. The van der Waals surface area contributed by atoms with Gasteiger partial charge in [0.2, 0.25) is 5.13 Å². The number of oxazole rings is 1. The van der Waals surface area contributed by atoms with Gasteiger partial charge in [0.05, 0.1) is 16.5 Å². The number of rotatable bonds is 5. The van der Waals surface area contributed by atoms with E-state index < -0.39 is 11.6 Å². The maximum absolute atomic E-state index is 14.8. The minimum absolute atomic E-state index is 0.292. The van der Waals surface area contributed by atoms with E-state index in [9.17, 15) is 9.18 Å². The highest BCUT2D eigenvalue weighted by Crippen LogP contribution is 2.32. The van der Waals surface area contributed by atoms with Gasteiger partial charge >= 0.3 is 5.76 Å². The van der Waals surface area contributed by atoms with E-state index >= 15 is 0 Å². The number of anilines is 1. The van der Waals surface area contributed by atoms with Gasteiger partial charge in [-0.3, -0.25) is 9.55 Å². The summed E-state index contributed by atoms with van der Waals surface area (Å²) in [5.41, 5.74) is 1.61. The lowest BCUT2D eigenvalue weighted by Gasteiger charge is -2.16. The van der Waals surface area contributed by atoms with E-state index in [1.54, 1.807) is 12.4 Å². The molecular formula is C20H14FN5O2S2. The predicted octanol–water partition coefficient (Wildman–Crippen LogP) is 4.86. The fourth-order valence-electron chi connectivity index (χ4n) is 3.44. The fraction of sp³-hybridized carbons (Fsp3) is 0.100. The Balaban J connectivity index is 1.57. The van der Waals surface area contributed by atoms with Crippen LogP contribution in [-0.4, -0.2) is 18.9 Å². The monoisotopic (exact) mass is 439 g/mol. The zero-order chi connectivity index (χ0) is 20.7. The second kappa shape index (κ2) is 7.54. The molecule has 0 fully saturated rings. The van der Waals surface area contributed by atoms with Gasteiger partial charge in [-0.2, -0.15) is 4.37 Å². The number of aromatic nitrogens is 4. The molecule has 0 saturated carbocycles. The fourth-order valence-corrected chi connectivity index (χ4v) is 4.57. The number of nitrogens with one attached hydrogen (secondary N) is 1. The molecule has 3 aromatic heterocycles. The van der Waals surface area contributed by atoms with Gasteiger partial charge in [0.25, 0.3) is 0 Å². The second-order valence-corrected chi connectivity index (χ2v) is 8.19. The maximum Gasteiger partial charge on any atom is 0.420 e. The van der Waals surface area contributed by atoms with E-state index in [1.165, 1.54) is 23.0 Å². The Bertz CT molecular complexity index is 1410. The summed E-state index contributed by atoms with van der Waals surface area (Å²) in [5, 5.41) is 2.50. The summed E-state index contributed by atoms with van der Waals surface area (Å²) < 4.78 is 28.5. The largest absolute Gasteiger partial charge is 0.420 e. The molecule has 3 heterocycles. The molecule has 10 heteroatoms. The average Bonchev–Trinajstić information content (AvgIpc) is 3.38. The number of benzene rings is 2. The van der Waals surface area contributed by atoms with Crippen LogP contribution in [0.3, 0.4) is 0 Å². The molecule has 0 amide bonds. The van der Waals surface area contributed by atoms with Crippen LogP contribution in [0.5, 0.6) is 0 Å². The molecule has 7 nitrogen and oxygen atoms in total. The highest BCUT2D eigenvalue weighted by molar-refractivity contribution is 8.00. The van der Waals surface area contributed by atoms with Crippen LogP contribution in [0.2, 0.25) is 0 Å². The van der Waals surface area contributed by atoms with Crippen molar-refractivity contribution in [1.29, 1.82) is 0 Å². The molecule has 0 radical (unpaired) electrons. The van der Waals surface area contributed by atoms with E-state index in [2.05, 4.69) is 19.1 Å². The summed E-state index contributed by atoms with van der Waals surface area (Å²) in [4.78, 5) is 21.2. The standard InChI is InChI=1S/C20H14FN5O2S2/c1-11(13-4-2-3-12-5-6-22-9-14(12)13)26-16-7-15(21)18(8-17(16)28-20(26)27)29-25-19-23-10-24-30-19/h2-11H,1H3,(H,23,24,25). The van der Waals surface area contributed by atoms with Crippen LogP contribution in [0.25, 0.3) is 21.9 Å². The van der Waals surface area contributed by atoms with Crippen molar-refractivity contribution in [2.45, 2.75) is 17.9 Å². The van der Waals surface area contributed by atoms with Crippen LogP contribution in [0, 0.1) is 5.82 Å². The second-order valence-electron chi connectivity index (χ2n) is 6.56. The van der Waals surface area contributed by atoms with Crippen LogP contribution in [0.4, 0.5) is 9.52 Å². The molecule has 1 N–H and O–H groups in total. The van der Waals surface area contributed by atoms with Crippen LogP contribution in [0.1, 0.15) is 18.5 Å². The van der Waals surface area contributed by atoms with Crippen LogP contribution in [-0.2, 0) is 0 Å². The molecule has 0 aliphatic carbocycles. The highest BCUT2D eigenvalue weighted by Gasteiger charge is 2.20. The number of nitrogens with zero attached hydrogens (tertiary/aromatic N) is 4. The van der Waals surface area contributed by atoms with Gasteiger partial charge in [-0.25, -0.2) is 14.2 Å². The highest BCUT2D eigenvalue weighted by atomic mass is 32.2. The summed E-state index contributed by atoms with van der Waals surface area (Å²) >= 11 is 2.21. The molecule has 1 atom stereocenters. The summed E-state index contributed by atoms with van der Waals surface area (Å²) in [6, 6.07) is 10.2.